The van der Waals surface area contributed by atoms with E-state index in [1.165, 1.54) is 0 Å². The molecule has 0 saturated carbocycles. The van der Waals surface area contributed by atoms with Gasteiger partial charge in [-0.05, 0) is 55.5 Å². The van der Waals surface area contributed by atoms with E-state index >= 15 is 0 Å². The number of benzene rings is 1. The van der Waals surface area contributed by atoms with Gasteiger partial charge in [0.15, 0.2) is 0 Å². The van der Waals surface area contributed by atoms with Crippen molar-refractivity contribution >= 4 is 41.1 Å². The van der Waals surface area contributed by atoms with E-state index in [2.05, 4.69) is 5.32 Å². The third kappa shape index (κ3) is 5.64. The van der Waals surface area contributed by atoms with Crippen molar-refractivity contribution in [3.8, 4) is 0 Å². The summed E-state index contributed by atoms with van der Waals surface area (Å²) >= 11 is 7.47. The Morgan fingerprint density at radius 3 is 2.42 bits per heavy atom. The van der Waals surface area contributed by atoms with E-state index < -0.39 is 6.04 Å². The normalized spacial score (nSPS) is 16.2. The molecule has 3 N–H and O–H groups in total. The van der Waals surface area contributed by atoms with Crippen LogP contribution in [-0.2, 0) is 9.59 Å². The second-order valence-corrected chi connectivity index (χ2v) is 7.74. The summed E-state index contributed by atoms with van der Waals surface area (Å²) in [5.41, 5.74) is 5.81. The van der Waals surface area contributed by atoms with Crippen LogP contribution < -0.4 is 11.1 Å². The number of nitrogens with one attached hydrogen (secondary N) is 1. The van der Waals surface area contributed by atoms with Crippen molar-refractivity contribution in [2.45, 2.75) is 25.3 Å². The average molecular weight is 398 g/mol. The Morgan fingerprint density at radius 2 is 1.88 bits per heavy atom. The molecule has 26 heavy (non-hydrogen) atoms. The van der Waals surface area contributed by atoms with Crippen molar-refractivity contribution < 1.29 is 14.4 Å². The number of nitrogens with zero attached hydrogens (tertiary/aromatic N) is 1. The van der Waals surface area contributed by atoms with Gasteiger partial charge in [0.2, 0.25) is 11.8 Å². The smallest absolute Gasteiger partial charge is 0.251 e. The van der Waals surface area contributed by atoms with Crippen LogP contribution in [0.4, 0.5) is 0 Å². The SMILES string of the molecule is CSCC[C@H](NC(=O)c1ccc(Cl)cc1)C(=O)N1CCC(C(N)=O)CC1. The molecule has 0 bridgehead atoms. The Hall–Kier alpha value is -1.73. The number of hydrogen-bond donors (Lipinski definition) is 2. The van der Waals surface area contributed by atoms with E-state index in [0.29, 0.717) is 42.9 Å². The molecule has 1 aliphatic rings. The largest absolute Gasteiger partial charge is 0.369 e. The van der Waals surface area contributed by atoms with Gasteiger partial charge < -0.3 is 16.0 Å². The van der Waals surface area contributed by atoms with Gasteiger partial charge in [0.25, 0.3) is 5.91 Å². The first-order valence-corrected chi connectivity index (χ1v) is 10.3. The standard InChI is InChI=1S/C18H24ClN3O3S/c1-26-11-8-15(21-17(24)13-2-4-14(19)5-3-13)18(25)22-9-6-12(7-10-22)16(20)23/h2-5,12,15H,6-11H2,1H3,(H2,20,23)(H,21,24)/t15-/m0/s1. The maximum atomic E-state index is 12.9. The maximum Gasteiger partial charge on any atom is 0.251 e. The maximum absolute atomic E-state index is 12.9. The first kappa shape index (κ1) is 20.6. The van der Waals surface area contributed by atoms with E-state index in [4.69, 9.17) is 17.3 Å². The van der Waals surface area contributed by atoms with Crippen molar-refractivity contribution in [2.75, 3.05) is 25.1 Å². The molecule has 1 saturated heterocycles. The lowest BCUT2D eigenvalue weighted by Gasteiger charge is -2.33. The Morgan fingerprint density at radius 1 is 1.27 bits per heavy atom. The summed E-state index contributed by atoms with van der Waals surface area (Å²) < 4.78 is 0. The van der Waals surface area contributed by atoms with Gasteiger partial charge in [0, 0.05) is 29.6 Å². The molecule has 1 fully saturated rings. The van der Waals surface area contributed by atoms with Crippen LogP contribution in [0.3, 0.4) is 0 Å². The van der Waals surface area contributed by atoms with Gasteiger partial charge in [-0.25, -0.2) is 0 Å². The molecule has 6 nitrogen and oxygen atoms in total. The van der Waals surface area contributed by atoms with Crippen LogP contribution >= 0.6 is 23.4 Å². The molecule has 8 heteroatoms. The van der Waals surface area contributed by atoms with Gasteiger partial charge in [-0.1, -0.05) is 11.6 Å². The summed E-state index contributed by atoms with van der Waals surface area (Å²) in [5, 5.41) is 3.39. The predicted molar refractivity (Wildman–Crippen MR) is 104 cm³/mol. The molecular weight excluding hydrogens is 374 g/mol. The molecule has 1 heterocycles. The number of piperidine rings is 1. The van der Waals surface area contributed by atoms with Crippen LogP contribution in [0.2, 0.25) is 5.02 Å². The summed E-state index contributed by atoms with van der Waals surface area (Å²) in [6.07, 6.45) is 3.65. The van der Waals surface area contributed by atoms with Gasteiger partial charge in [-0.3, -0.25) is 14.4 Å². The van der Waals surface area contributed by atoms with E-state index in [9.17, 15) is 14.4 Å². The van der Waals surface area contributed by atoms with Crippen LogP contribution in [0, 0.1) is 5.92 Å². The fraction of sp³-hybridized carbons (Fsp3) is 0.500. The highest BCUT2D eigenvalue weighted by atomic mass is 35.5. The van der Waals surface area contributed by atoms with E-state index in [-0.39, 0.29) is 23.6 Å². The Kier molecular flexibility index (Phi) is 7.78. The zero-order chi connectivity index (χ0) is 19.1. The second-order valence-electron chi connectivity index (χ2n) is 6.32. The number of thioether (sulfide) groups is 1. The topological polar surface area (TPSA) is 92.5 Å². The van der Waals surface area contributed by atoms with Gasteiger partial charge in [-0.2, -0.15) is 11.8 Å². The number of halogens is 1. The van der Waals surface area contributed by atoms with E-state index in [0.717, 1.165) is 5.75 Å². The Bertz CT molecular complexity index is 646. The summed E-state index contributed by atoms with van der Waals surface area (Å²) in [7, 11) is 0. The lowest BCUT2D eigenvalue weighted by atomic mass is 9.95. The molecule has 0 unspecified atom stereocenters. The summed E-state index contributed by atoms with van der Waals surface area (Å²) in [4.78, 5) is 38.3. The van der Waals surface area contributed by atoms with E-state index in [1.54, 1.807) is 40.9 Å². The number of rotatable bonds is 7. The molecule has 2 rings (SSSR count). The quantitative estimate of drug-likeness (QED) is 0.735. The summed E-state index contributed by atoms with van der Waals surface area (Å²) in [6.45, 7) is 0.970. The van der Waals surface area contributed by atoms with Crippen LogP contribution in [0.1, 0.15) is 29.6 Å². The minimum Gasteiger partial charge on any atom is -0.369 e. The lowest BCUT2D eigenvalue weighted by Crippen LogP contribution is -2.51. The highest BCUT2D eigenvalue weighted by molar-refractivity contribution is 7.98. The van der Waals surface area contributed by atoms with Gasteiger partial charge in [-0.15, -0.1) is 0 Å². The molecule has 0 aromatic heterocycles. The predicted octanol–water partition coefficient (Wildman–Crippen LogP) is 1.92. The Labute approximate surface area is 162 Å². The highest BCUT2D eigenvalue weighted by Crippen LogP contribution is 2.18. The molecule has 1 aliphatic heterocycles. The van der Waals surface area contributed by atoms with Gasteiger partial charge in [0.1, 0.15) is 6.04 Å². The number of likely N-dealkylation sites (tertiary alicyclic amines) is 1. The molecular formula is C18H24ClN3O3S. The molecule has 1 atom stereocenters. The number of primary amides is 1. The molecule has 0 aliphatic carbocycles. The molecule has 0 radical (unpaired) electrons. The van der Waals surface area contributed by atoms with E-state index in [1.807, 2.05) is 6.26 Å². The van der Waals surface area contributed by atoms with Crippen molar-refractivity contribution in [1.29, 1.82) is 0 Å². The summed E-state index contributed by atoms with van der Waals surface area (Å²) in [6, 6.07) is 5.96. The molecule has 142 valence electrons. The first-order chi connectivity index (χ1) is 12.4. The molecule has 3 amide bonds. The molecule has 1 aromatic rings. The number of amides is 3. The van der Waals surface area contributed by atoms with Crippen molar-refractivity contribution in [3.05, 3.63) is 34.9 Å². The van der Waals surface area contributed by atoms with Gasteiger partial charge in [0.05, 0.1) is 0 Å². The zero-order valence-corrected chi connectivity index (χ0v) is 16.3. The van der Waals surface area contributed by atoms with Crippen LogP contribution in [0.25, 0.3) is 0 Å². The minimum atomic E-state index is -0.587. The third-order valence-corrected chi connectivity index (χ3v) is 5.43. The van der Waals surface area contributed by atoms with Crippen LogP contribution in [-0.4, -0.2) is 53.8 Å². The average Bonchev–Trinajstić information content (AvgIpc) is 2.65. The van der Waals surface area contributed by atoms with Crippen LogP contribution in [0.5, 0.6) is 0 Å². The minimum absolute atomic E-state index is 0.107. The highest BCUT2D eigenvalue weighted by Gasteiger charge is 2.30. The number of carbonyl (C=O) groups is 3. The van der Waals surface area contributed by atoms with Crippen molar-refractivity contribution in [2.24, 2.45) is 11.7 Å². The van der Waals surface area contributed by atoms with Crippen molar-refractivity contribution in [3.63, 3.8) is 0 Å². The van der Waals surface area contributed by atoms with Crippen molar-refractivity contribution in [1.82, 2.24) is 10.2 Å². The number of carbonyl (C=O) groups excluding carboxylic acids is 3. The zero-order valence-electron chi connectivity index (χ0n) is 14.7. The van der Waals surface area contributed by atoms with Gasteiger partial charge >= 0.3 is 0 Å². The number of nitrogens with two attached hydrogens (primary N) is 1. The molecule has 0 spiro atoms. The number of hydrogen-bond acceptors (Lipinski definition) is 4. The Balaban J connectivity index is 2.01. The fourth-order valence-electron chi connectivity index (χ4n) is 2.94. The monoisotopic (exact) mass is 397 g/mol. The molecule has 1 aromatic carbocycles. The first-order valence-electron chi connectivity index (χ1n) is 8.56. The van der Waals surface area contributed by atoms with Crippen LogP contribution in [0.15, 0.2) is 24.3 Å². The fourth-order valence-corrected chi connectivity index (χ4v) is 3.54. The third-order valence-electron chi connectivity index (χ3n) is 4.53. The lowest BCUT2D eigenvalue weighted by molar-refractivity contribution is -0.136. The second kappa shape index (κ2) is 9.83. The summed E-state index contributed by atoms with van der Waals surface area (Å²) in [5.74, 6) is -0.133.